The first-order valence-corrected chi connectivity index (χ1v) is 11.2. The standard InChI is InChI=1S/C23H12Cl3N3OS/c24-15-9-5-4-8-14(15)10-19-22(30)29(21(27-19)13-6-2-1-3-7-13)23-28-18-11-16(25)17(26)12-20(18)31-23/h1-12H. The maximum Gasteiger partial charge on any atom is 0.284 e. The van der Waals surface area contributed by atoms with Gasteiger partial charge in [-0.1, -0.05) is 94.7 Å². The molecular weight excluding hydrogens is 473 g/mol. The van der Waals surface area contributed by atoms with Crippen LogP contribution in [0.2, 0.25) is 15.1 Å². The number of thiazole rings is 1. The molecule has 1 aliphatic rings. The van der Waals surface area contributed by atoms with Gasteiger partial charge in [-0.2, -0.15) is 0 Å². The number of fused-ring (bicyclic) bond motifs is 1. The maximum atomic E-state index is 13.4. The molecule has 0 unspecified atom stereocenters. The Bertz CT molecular complexity index is 1360. The van der Waals surface area contributed by atoms with Crippen molar-refractivity contribution in [1.29, 1.82) is 0 Å². The van der Waals surface area contributed by atoms with E-state index in [9.17, 15) is 4.79 Å². The van der Waals surface area contributed by atoms with Crippen molar-refractivity contribution in [2.24, 2.45) is 4.99 Å². The summed E-state index contributed by atoms with van der Waals surface area (Å²) in [6, 6.07) is 20.3. The van der Waals surface area contributed by atoms with E-state index < -0.39 is 0 Å². The Hall–Kier alpha value is -2.70. The number of carbonyl (C=O) groups excluding carboxylic acids is 1. The SMILES string of the molecule is O=C1C(=Cc2ccccc2Cl)N=C(c2ccccc2)N1c1nc2cc(Cl)c(Cl)cc2s1. The van der Waals surface area contributed by atoms with E-state index in [1.165, 1.54) is 16.2 Å². The van der Waals surface area contributed by atoms with Crippen LogP contribution in [0.25, 0.3) is 16.3 Å². The van der Waals surface area contributed by atoms with Crippen molar-refractivity contribution in [3.63, 3.8) is 0 Å². The van der Waals surface area contributed by atoms with Gasteiger partial charge in [0.05, 0.1) is 20.3 Å². The number of hydrogen-bond donors (Lipinski definition) is 0. The lowest BCUT2D eigenvalue weighted by atomic mass is 10.2. The van der Waals surface area contributed by atoms with Crippen LogP contribution in [0, 0.1) is 0 Å². The van der Waals surface area contributed by atoms with Crippen LogP contribution in [0.1, 0.15) is 11.1 Å². The zero-order valence-corrected chi connectivity index (χ0v) is 18.8. The van der Waals surface area contributed by atoms with Gasteiger partial charge in [0, 0.05) is 10.6 Å². The van der Waals surface area contributed by atoms with Gasteiger partial charge < -0.3 is 0 Å². The second-order valence-electron chi connectivity index (χ2n) is 6.72. The summed E-state index contributed by atoms with van der Waals surface area (Å²) in [5.74, 6) is 0.218. The Kier molecular flexibility index (Phi) is 5.28. The first-order valence-electron chi connectivity index (χ1n) is 9.21. The molecule has 3 aromatic carbocycles. The Morgan fingerprint density at radius 2 is 1.58 bits per heavy atom. The first kappa shape index (κ1) is 20.2. The van der Waals surface area contributed by atoms with Gasteiger partial charge >= 0.3 is 0 Å². The van der Waals surface area contributed by atoms with Crippen molar-refractivity contribution in [2.45, 2.75) is 0 Å². The van der Waals surface area contributed by atoms with Gasteiger partial charge in [0.25, 0.3) is 5.91 Å². The number of carbonyl (C=O) groups is 1. The van der Waals surface area contributed by atoms with Crippen LogP contribution >= 0.6 is 46.1 Å². The number of amides is 1. The highest BCUT2D eigenvalue weighted by Crippen LogP contribution is 2.37. The Morgan fingerprint density at radius 1 is 0.871 bits per heavy atom. The molecule has 31 heavy (non-hydrogen) atoms. The van der Waals surface area contributed by atoms with Crippen molar-refractivity contribution in [1.82, 2.24) is 4.98 Å². The highest BCUT2D eigenvalue weighted by molar-refractivity contribution is 7.22. The Labute approximate surface area is 197 Å². The number of anilines is 1. The molecule has 4 aromatic rings. The van der Waals surface area contributed by atoms with Crippen LogP contribution in [0.4, 0.5) is 5.13 Å². The summed E-state index contributed by atoms with van der Waals surface area (Å²) in [6.07, 6.45) is 1.69. The summed E-state index contributed by atoms with van der Waals surface area (Å²) < 4.78 is 0.827. The number of aromatic nitrogens is 1. The van der Waals surface area contributed by atoms with Gasteiger partial charge in [0.1, 0.15) is 11.5 Å². The first-order chi connectivity index (χ1) is 15.0. The summed E-state index contributed by atoms with van der Waals surface area (Å²) in [4.78, 5) is 24.2. The van der Waals surface area contributed by atoms with Crippen molar-refractivity contribution in [3.05, 3.63) is 98.6 Å². The molecule has 152 valence electrons. The maximum absolute atomic E-state index is 13.4. The number of benzene rings is 3. The third-order valence-electron chi connectivity index (χ3n) is 4.70. The van der Waals surface area contributed by atoms with E-state index in [-0.39, 0.29) is 11.6 Å². The van der Waals surface area contributed by atoms with Crippen molar-refractivity contribution in [2.75, 3.05) is 4.90 Å². The molecule has 0 radical (unpaired) electrons. The smallest absolute Gasteiger partial charge is 0.266 e. The molecule has 0 bridgehead atoms. The molecule has 0 saturated carbocycles. The van der Waals surface area contributed by atoms with Crippen LogP contribution in [0.5, 0.6) is 0 Å². The van der Waals surface area contributed by atoms with Gasteiger partial charge in [0.15, 0.2) is 5.13 Å². The van der Waals surface area contributed by atoms with E-state index in [2.05, 4.69) is 9.98 Å². The van der Waals surface area contributed by atoms with Crippen molar-refractivity contribution in [3.8, 4) is 0 Å². The van der Waals surface area contributed by atoms with Gasteiger partial charge in [-0.05, 0) is 29.8 Å². The van der Waals surface area contributed by atoms with Crippen molar-refractivity contribution >= 4 is 79.3 Å². The molecule has 8 heteroatoms. The monoisotopic (exact) mass is 483 g/mol. The van der Waals surface area contributed by atoms with Gasteiger partial charge in [-0.25, -0.2) is 14.9 Å². The van der Waals surface area contributed by atoms with E-state index >= 15 is 0 Å². The van der Waals surface area contributed by atoms with E-state index in [1.54, 1.807) is 24.3 Å². The number of aliphatic imine (C=N–C) groups is 1. The number of amidine groups is 1. The molecule has 0 saturated heterocycles. The Balaban J connectivity index is 1.66. The quantitative estimate of drug-likeness (QED) is 0.291. The Morgan fingerprint density at radius 3 is 2.35 bits per heavy atom. The van der Waals surface area contributed by atoms with Crippen LogP contribution < -0.4 is 4.90 Å². The lowest BCUT2D eigenvalue weighted by Gasteiger charge is -2.14. The van der Waals surface area contributed by atoms with Crippen LogP contribution in [-0.4, -0.2) is 16.7 Å². The fourth-order valence-electron chi connectivity index (χ4n) is 3.22. The molecule has 0 fully saturated rings. The lowest BCUT2D eigenvalue weighted by molar-refractivity contribution is -0.113. The second kappa shape index (κ2) is 8.09. The zero-order valence-electron chi connectivity index (χ0n) is 15.7. The van der Waals surface area contributed by atoms with Crippen LogP contribution in [-0.2, 0) is 4.79 Å². The topological polar surface area (TPSA) is 45.6 Å². The average molecular weight is 485 g/mol. The van der Waals surface area contributed by atoms with Crippen LogP contribution in [0.15, 0.2) is 77.4 Å². The molecule has 1 amide bonds. The van der Waals surface area contributed by atoms with E-state index in [0.29, 0.717) is 37.1 Å². The predicted octanol–water partition coefficient (Wildman–Crippen LogP) is 7.09. The molecule has 0 atom stereocenters. The van der Waals surface area contributed by atoms with E-state index in [0.717, 1.165) is 10.3 Å². The molecule has 0 N–H and O–H groups in total. The number of hydrogen-bond acceptors (Lipinski definition) is 4. The molecule has 1 aliphatic heterocycles. The highest BCUT2D eigenvalue weighted by atomic mass is 35.5. The third-order valence-corrected chi connectivity index (χ3v) is 6.77. The van der Waals surface area contributed by atoms with Gasteiger partial charge in [-0.3, -0.25) is 4.79 Å². The van der Waals surface area contributed by atoms with Gasteiger partial charge in [0.2, 0.25) is 0 Å². The summed E-state index contributed by atoms with van der Waals surface area (Å²) in [5, 5.41) is 1.88. The van der Waals surface area contributed by atoms with Gasteiger partial charge in [-0.15, -0.1) is 0 Å². The van der Waals surface area contributed by atoms with Crippen LogP contribution in [0.3, 0.4) is 0 Å². The fourth-order valence-corrected chi connectivity index (χ4v) is 4.79. The molecule has 0 aliphatic carbocycles. The summed E-state index contributed by atoms with van der Waals surface area (Å²) >= 11 is 19.9. The third kappa shape index (κ3) is 3.75. The fraction of sp³-hybridized carbons (Fsp3) is 0. The summed E-state index contributed by atoms with van der Waals surface area (Å²) in [7, 11) is 0. The zero-order chi connectivity index (χ0) is 21.5. The second-order valence-corrected chi connectivity index (χ2v) is 8.95. The molecule has 1 aromatic heterocycles. The minimum absolute atomic E-state index is 0.280. The van der Waals surface area contributed by atoms with E-state index in [1.807, 2.05) is 48.5 Å². The minimum Gasteiger partial charge on any atom is -0.266 e. The van der Waals surface area contributed by atoms with Crippen molar-refractivity contribution < 1.29 is 4.79 Å². The molecule has 5 rings (SSSR count). The normalized spacial score (nSPS) is 15.2. The molecule has 2 heterocycles. The summed E-state index contributed by atoms with van der Waals surface area (Å²) in [6.45, 7) is 0. The number of halogens is 3. The molecule has 0 spiro atoms. The lowest BCUT2D eigenvalue weighted by Crippen LogP contribution is -2.32. The highest BCUT2D eigenvalue weighted by Gasteiger charge is 2.34. The number of rotatable bonds is 3. The van der Waals surface area contributed by atoms with E-state index in [4.69, 9.17) is 34.8 Å². The number of nitrogens with zero attached hydrogens (tertiary/aromatic N) is 3. The average Bonchev–Trinajstić information content (AvgIpc) is 3.31. The largest absolute Gasteiger partial charge is 0.284 e. The molecule has 4 nitrogen and oxygen atoms in total. The molecular formula is C23H12Cl3N3OS. The minimum atomic E-state index is -0.282. The summed E-state index contributed by atoms with van der Waals surface area (Å²) in [5.41, 5.74) is 2.46. The predicted molar refractivity (Wildman–Crippen MR) is 130 cm³/mol.